The highest BCUT2D eigenvalue weighted by molar-refractivity contribution is 6.15. The van der Waals surface area contributed by atoms with E-state index in [2.05, 4.69) is 10.6 Å². The number of amides is 1. The molecule has 1 heterocycles. The number of carbonyl (C=O) groups is 3. The molecule has 2 aromatic rings. The number of hydrogen-bond acceptors (Lipinski definition) is 6. The van der Waals surface area contributed by atoms with E-state index in [0.29, 0.717) is 17.8 Å². The van der Waals surface area contributed by atoms with Crippen LogP contribution in [0.25, 0.3) is 0 Å². The molecule has 1 aliphatic heterocycles. The first-order valence-electron chi connectivity index (χ1n) is 9.11. The van der Waals surface area contributed by atoms with Crippen LogP contribution in [0.3, 0.4) is 0 Å². The fourth-order valence-corrected chi connectivity index (χ4v) is 2.84. The topological polar surface area (TPSA) is 93.7 Å². The summed E-state index contributed by atoms with van der Waals surface area (Å²) in [5.74, 6) is -3.18. The lowest BCUT2D eigenvalue weighted by molar-refractivity contribution is -0.222. The van der Waals surface area contributed by atoms with E-state index >= 15 is 0 Å². The molecule has 7 nitrogen and oxygen atoms in total. The van der Waals surface area contributed by atoms with Crippen molar-refractivity contribution >= 4 is 23.5 Å². The second kappa shape index (κ2) is 8.18. The predicted octanol–water partition coefficient (Wildman–Crippen LogP) is 3.06. The standard InChI is InChI=1S/C22H22N2O5/c1-14-7-6-8-15(11-14)12-24-19(25)16-9-4-5-10-18(16)23-13-17-20(26)28-22(2,3)29-21(17)27/h4-11,13,23H,12H2,1-3H3,(H,24,25). The van der Waals surface area contributed by atoms with Gasteiger partial charge in [0.2, 0.25) is 0 Å². The van der Waals surface area contributed by atoms with Crippen LogP contribution in [0.2, 0.25) is 0 Å². The van der Waals surface area contributed by atoms with Gasteiger partial charge >= 0.3 is 11.9 Å². The number of anilines is 1. The average Bonchev–Trinajstić information content (AvgIpc) is 2.65. The molecule has 0 spiro atoms. The van der Waals surface area contributed by atoms with Gasteiger partial charge in [-0.15, -0.1) is 0 Å². The van der Waals surface area contributed by atoms with Gasteiger partial charge in [-0.1, -0.05) is 42.0 Å². The molecule has 1 fully saturated rings. The maximum atomic E-state index is 12.6. The van der Waals surface area contributed by atoms with Crippen molar-refractivity contribution in [1.82, 2.24) is 5.32 Å². The van der Waals surface area contributed by atoms with Gasteiger partial charge in [0.25, 0.3) is 11.7 Å². The summed E-state index contributed by atoms with van der Waals surface area (Å²) < 4.78 is 10.1. The van der Waals surface area contributed by atoms with Gasteiger partial charge in [0.15, 0.2) is 5.57 Å². The molecule has 2 aromatic carbocycles. The highest BCUT2D eigenvalue weighted by Gasteiger charge is 2.39. The lowest BCUT2D eigenvalue weighted by Gasteiger charge is -2.29. The summed E-state index contributed by atoms with van der Waals surface area (Å²) in [5.41, 5.74) is 2.63. The molecule has 29 heavy (non-hydrogen) atoms. The minimum atomic E-state index is -1.31. The molecule has 1 amide bonds. The molecular formula is C22H22N2O5. The molecule has 0 radical (unpaired) electrons. The molecule has 0 aliphatic carbocycles. The van der Waals surface area contributed by atoms with E-state index in [-0.39, 0.29) is 11.5 Å². The smallest absolute Gasteiger partial charge is 0.350 e. The van der Waals surface area contributed by atoms with E-state index in [0.717, 1.165) is 11.1 Å². The number of aryl methyl sites for hydroxylation is 1. The highest BCUT2D eigenvalue weighted by Crippen LogP contribution is 2.23. The van der Waals surface area contributed by atoms with Gasteiger partial charge in [-0.2, -0.15) is 0 Å². The summed E-state index contributed by atoms with van der Waals surface area (Å²) in [6.07, 6.45) is 1.19. The van der Waals surface area contributed by atoms with Crippen molar-refractivity contribution in [1.29, 1.82) is 0 Å². The number of carbonyl (C=O) groups excluding carboxylic acids is 3. The van der Waals surface area contributed by atoms with Crippen LogP contribution in [-0.2, 0) is 25.6 Å². The van der Waals surface area contributed by atoms with Gasteiger partial charge in [0.05, 0.1) is 11.3 Å². The van der Waals surface area contributed by atoms with E-state index in [4.69, 9.17) is 9.47 Å². The first kappa shape index (κ1) is 20.1. The van der Waals surface area contributed by atoms with E-state index in [1.807, 2.05) is 31.2 Å². The monoisotopic (exact) mass is 394 g/mol. The Morgan fingerprint density at radius 3 is 2.41 bits per heavy atom. The van der Waals surface area contributed by atoms with E-state index in [1.54, 1.807) is 24.3 Å². The quantitative estimate of drug-likeness (QED) is 0.460. The van der Waals surface area contributed by atoms with Crippen LogP contribution < -0.4 is 10.6 Å². The van der Waals surface area contributed by atoms with E-state index in [1.165, 1.54) is 20.0 Å². The molecule has 2 N–H and O–H groups in total. The van der Waals surface area contributed by atoms with Crippen LogP contribution in [0, 0.1) is 6.92 Å². The molecular weight excluding hydrogens is 372 g/mol. The summed E-state index contributed by atoms with van der Waals surface area (Å²) in [6, 6.07) is 14.6. The predicted molar refractivity (Wildman–Crippen MR) is 107 cm³/mol. The second-order valence-electron chi connectivity index (χ2n) is 7.10. The Kier molecular flexibility index (Phi) is 5.68. The number of cyclic esters (lactones) is 2. The lowest BCUT2D eigenvalue weighted by atomic mass is 10.1. The first-order valence-corrected chi connectivity index (χ1v) is 9.11. The third kappa shape index (κ3) is 5.01. The fraction of sp³-hybridized carbons (Fsp3) is 0.227. The van der Waals surface area contributed by atoms with Gasteiger partial charge in [0.1, 0.15) is 0 Å². The Balaban J connectivity index is 1.72. The normalized spacial score (nSPS) is 15.2. The van der Waals surface area contributed by atoms with Crippen LogP contribution in [0.1, 0.15) is 35.3 Å². The highest BCUT2D eigenvalue weighted by atomic mass is 16.7. The minimum Gasteiger partial charge on any atom is -0.419 e. The Labute approximate surface area is 168 Å². The van der Waals surface area contributed by atoms with Crippen molar-refractivity contribution in [3.63, 3.8) is 0 Å². The third-order valence-electron chi connectivity index (χ3n) is 4.20. The third-order valence-corrected chi connectivity index (χ3v) is 4.20. The van der Waals surface area contributed by atoms with Gasteiger partial charge in [-0.25, -0.2) is 9.59 Å². The SMILES string of the molecule is Cc1cccc(CNC(=O)c2ccccc2NC=C2C(=O)OC(C)(C)OC2=O)c1. The van der Waals surface area contributed by atoms with Crippen LogP contribution in [0.5, 0.6) is 0 Å². The first-order chi connectivity index (χ1) is 13.7. The van der Waals surface area contributed by atoms with Crippen molar-refractivity contribution in [3.8, 4) is 0 Å². The summed E-state index contributed by atoms with van der Waals surface area (Å²) in [6.45, 7) is 5.31. The largest absolute Gasteiger partial charge is 0.419 e. The zero-order valence-electron chi connectivity index (χ0n) is 16.4. The summed E-state index contributed by atoms with van der Waals surface area (Å²) in [4.78, 5) is 36.7. The summed E-state index contributed by atoms with van der Waals surface area (Å²) in [5, 5.41) is 5.70. The lowest BCUT2D eigenvalue weighted by Crippen LogP contribution is -2.42. The zero-order chi connectivity index (χ0) is 21.0. The Morgan fingerprint density at radius 1 is 1.03 bits per heavy atom. The van der Waals surface area contributed by atoms with Crippen molar-refractivity contribution in [2.24, 2.45) is 0 Å². The molecule has 3 rings (SSSR count). The van der Waals surface area contributed by atoms with Gasteiger partial charge < -0.3 is 20.1 Å². The number of hydrogen-bond donors (Lipinski definition) is 2. The summed E-state index contributed by atoms with van der Waals surface area (Å²) in [7, 11) is 0. The van der Waals surface area contributed by atoms with Crippen LogP contribution in [0.15, 0.2) is 60.3 Å². The molecule has 0 unspecified atom stereocenters. The van der Waals surface area contributed by atoms with Gasteiger partial charge in [0, 0.05) is 26.6 Å². The van der Waals surface area contributed by atoms with E-state index in [9.17, 15) is 14.4 Å². The zero-order valence-corrected chi connectivity index (χ0v) is 16.4. The van der Waals surface area contributed by atoms with Crippen molar-refractivity contribution in [3.05, 3.63) is 77.0 Å². The Morgan fingerprint density at radius 2 is 1.72 bits per heavy atom. The van der Waals surface area contributed by atoms with Gasteiger partial charge in [-0.05, 0) is 24.6 Å². The van der Waals surface area contributed by atoms with Crippen LogP contribution in [0.4, 0.5) is 5.69 Å². The Hall–Kier alpha value is -3.61. The number of benzene rings is 2. The molecule has 0 saturated carbocycles. The number of rotatable bonds is 5. The maximum Gasteiger partial charge on any atom is 0.350 e. The van der Waals surface area contributed by atoms with Crippen molar-refractivity contribution in [2.75, 3.05) is 5.32 Å². The average molecular weight is 394 g/mol. The number of esters is 2. The second-order valence-corrected chi connectivity index (χ2v) is 7.10. The van der Waals surface area contributed by atoms with E-state index < -0.39 is 17.7 Å². The van der Waals surface area contributed by atoms with Crippen LogP contribution >= 0.6 is 0 Å². The molecule has 0 atom stereocenters. The van der Waals surface area contributed by atoms with Crippen LogP contribution in [-0.4, -0.2) is 23.6 Å². The molecule has 1 saturated heterocycles. The molecule has 0 aromatic heterocycles. The maximum absolute atomic E-state index is 12.6. The van der Waals surface area contributed by atoms with Crippen molar-refractivity contribution < 1.29 is 23.9 Å². The number of para-hydroxylation sites is 1. The summed E-state index contributed by atoms with van der Waals surface area (Å²) >= 11 is 0. The molecule has 7 heteroatoms. The molecule has 150 valence electrons. The molecule has 0 bridgehead atoms. The van der Waals surface area contributed by atoms with Gasteiger partial charge in [-0.3, -0.25) is 4.79 Å². The Bertz CT molecular complexity index is 972. The minimum absolute atomic E-state index is 0.278. The number of ether oxygens (including phenoxy) is 2. The van der Waals surface area contributed by atoms with Crippen molar-refractivity contribution in [2.45, 2.75) is 33.1 Å². The number of nitrogens with one attached hydrogen (secondary N) is 2. The molecule has 1 aliphatic rings. The fourth-order valence-electron chi connectivity index (χ4n) is 2.84.